The molecule has 1 heterocycles. The molecule has 0 unspecified atom stereocenters. The number of phenolic OH excluding ortho intramolecular Hbond substituents is 1. The highest BCUT2D eigenvalue weighted by Gasteiger charge is 2.11. The fourth-order valence-corrected chi connectivity index (χ4v) is 2.04. The van der Waals surface area contributed by atoms with Crippen molar-refractivity contribution < 1.29 is 9.84 Å². The Morgan fingerprint density at radius 2 is 1.90 bits per heavy atom. The first-order valence-corrected chi connectivity index (χ1v) is 6.08. The molecule has 0 radical (unpaired) electrons. The van der Waals surface area contributed by atoms with Gasteiger partial charge < -0.3 is 15.6 Å². The van der Waals surface area contributed by atoms with Crippen LogP contribution in [0.3, 0.4) is 0 Å². The van der Waals surface area contributed by atoms with Crippen molar-refractivity contribution in [3.63, 3.8) is 0 Å². The Balaban J connectivity index is 2.23. The fraction of sp³-hybridized carbons (Fsp3) is 0.0667. The summed E-state index contributed by atoms with van der Waals surface area (Å²) in [6, 6.07) is 12.3. The summed E-state index contributed by atoms with van der Waals surface area (Å²) in [4.78, 5) is 8.69. The minimum atomic E-state index is 0.125. The zero-order valence-corrected chi connectivity index (χ0v) is 10.9. The minimum absolute atomic E-state index is 0.125. The first-order valence-electron chi connectivity index (χ1n) is 6.08. The van der Waals surface area contributed by atoms with Gasteiger partial charge in [0.25, 0.3) is 0 Å². The number of ether oxygens (including phenoxy) is 1. The van der Waals surface area contributed by atoms with E-state index in [0.29, 0.717) is 28.5 Å². The molecule has 5 nitrogen and oxygen atoms in total. The van der Waals surface area contributed by atoms with Crippen LogP contribution in [0.15, 0.2) is 42.5 Å². The maximum absolute atomic E-state index is 9.87. The second-order valence-electron chi connectivity index (χ2n) is 4.33. The topological polar surface area (TPSA) is 81.3 Å². The Morgan fingerprint density at radius 1 is 1.10 bits per heavy atom. The average Bonchev–Trinajstić information content (AvgIpc) is 2.47. The van der Waals surface area contributed by atoms with E-state index in [2.05, 4.69) is 9.97 Å². The van der Waals surface area contributed by atoms with Crippen molar-refractivity contribution in [1.29, 1.82) is 0 Å². The molecule has 0 aliphatic carbocycles. The zero-order valence-electron chi connectivity index (χ0n) is 10.9. The number of phenols is 1. The molecule has 100 valence electrons. The third-order valence-electron chi connectivity index (χ3n) is 3.08. The van der Waals surface area contributed by atoms with E-state index in [4.69, 9.17) is 10.5 Å². The molecule has 20 heavy (non-hydrogen) atoms. The number of methoxy groups -OCH3 is 1. The van der Waals surface area contributed by atoms with Crippen molar-refractivity contribution in [2.45, 2.75) is 0 Å². The Hall–Kier alpha value is -2.82. The molecule has 0 fully saturated rings. The Labute approximate surface area is 115 Å². The Kier molecular flexibility index (Phi) is 2.87. The van der Waals surface area contributed by atoms with Crippen LogP contribution in [0, 0.1) is 0 Å². The number of benzene rings is 2. The maximum Gasteiger partial charge on any atom is 0.165 e. The largest absolute Gasteiger partial charge is 0.507 e. The summed E-state index contributed by atoms with van der Waals surface area (Å²) < 4.78 is 5.16. The molecule has 0 atom stereocenters. The van der Waals surface area contributed by atoms with E-state index in [1.165, 1.54) is 0 Å². The lowest BCUT2D eigenvalue weighted by molar-refractivity contribution is 0.415. The summed E-state index contributed by atoms with van der Waals surface area (Å²) in [5, 5.41) is 10.6. The van der Waals surface area contributed by atoms with Gasteiger partial charge in [-0.05, 0) is 30.3 Å². The SMILES string of the molecule is COc1ccc2nc(-c3ccccc3O)nc(N)c2c1. The van der Waals surface area contributed by atoms with E-state index in [1.54, 1.807) is 31.4 Å². The third kappa shape index (κ3) is 1.99. The summed E-state index contributed by atoms with van der Waals surface area (Å²) in [5.74, 6) is 1.58. The van der Waals surface area contributed by atoms with E-state index in [0.717, 1.165) is 5.39 Å². The van der Waals surface area contributed by atoms with Gasteiger partial charge in [0.1, 0.15) is 17.3 Å². The Bertz CT molecular complexity index is 787. The van der Waals surface area contributed by atoms with Gasteiger partial charge in [-0.15, -0.1) is 0 Å². The summed E-state index contributed by atoms with van der Waals surface area (Å²) in [7, 11) is 1.59. The number of hydrogen-bond donors (Lipinski definition) is 2. The lowest BCUT2D eigenvalue weighted by atomic mass is 10.1. The van der Waals surface area contributed by atoms with Crippen LogP contribution < -0.4 is 10.5 Å². The Morgan fingerprint density at radius 3 is 2.65 bits per heavy atom. The van der Waals surface area contributed by atoms with Gasteiger partial charge in [-0.2, -0.15) is 0 Å². The molecular formula is C15H13N3O2. The van der Waals surface area contributed by atoms with Crippen LogP contribution in [-0.4, -0.2) is 22.2 Å². The van der Waals surface area contributed by atoms with Crippen LogP contribution in [0.4, 0.5) is 5.82 Å². The predicted octanol–water partition coefficient (Wildman–Crippen LogP) is 2.59. The highest BCUT2D eigenvalue weighted by Crippen LogP contribution is 2.30. The van der Waals surface area contributed by atoms with E-state index in [9.17, 15) is 5.11 Å². The van der Waals surface area contributed by atoms with Crippen LogP contribution >= 0.6 is 0 Å². The first kappa shape index (κ1) is 12.2. The smallest absolute Gasteiger partial charge is 0.165 e. The van der Waals surface area contributed by atoms with Crippen molar-refractivity contribution in [2.75, 3.05) is 12.8 Å². The molecule has 0 amide bonds. The van der Waals surface area contributed by atoms with E-state index in [1.807, 2.05) is 18.2 Å². The fourth-order valence-electron chi connectivity index (χ4n) is 2.04. The van der Waals surface area contributed by atoms with Gasteiger partial charge >= 0.3 is 0 Å². The van der Waals surface area contributed by atoms with Gasteiger partial charge in [0.15, 0.2) is 5.82 Å². The number of fused-ring (bicyclic) bond motifs is 1. The number of nitrogens with zero attached hydrogens (tertiary/aromatic N) is 2. The molecule has 0 aliphatic heterocycles. The van der Waals surface area contributed by atoms with Gasteiger partial charge in [-0.25, -0.2) is 9.97 Å². The van der Waals surface area contributed by atoms with Crippen molar-refractivity contribution in [3.05, 3.63) is 42.5 Å². The number of hydrogen-bond acceptors (Lipinski definition) is 5. The molecule has 0 bridgehead atoms. The molecular weight excluding hydrogens is 254 g/mol. The van der Waals surface area contributed by atoms with Gasteiger partial charge in [0.2, 0.25) is 0 Å². The molecule has 5 heteroatoms. The molecule has 2 aromatic carbocycles. The first-order chi connectivity index (χ1) is 9.69. The van der Waals surface area contributed by atoms with Crippen molar-refractivity contribution >= 4 is 16.7 Å². The van der Waals surface area contributed by atoms with Crippen molar-refractivity contribution in [2.24, 2.45) is 0 Å². The number of anilines is 1. The third-order valence-corrected chi connectivity index (χ3v) is 3.08. The molecule has 0 spiro atoms. The number of aromatic nitrogens is 2. The molecule has 3 rings (SSSR count). The number of aromatic hydroxyl groups is 1. The molecule has 1 aromatic heterocycles. The minimum Gasteiger partial charge on any atom is -0.507 e. The van der Waals surface area contributed by atoms with Gasteiger partial charge in [0, 0.05) is 5.39 Å². The van der Waals surface area contributed by atoms with E-state index in [-0.39, 0.29) is 5.75 Å². The summed E-state index contributed by atoms with van der Waals surface area (Å²) in [5.41, 5.74) is 7.24. The molecule has 0 aliphatic rings. The van der Waals surface area contributed by atoms with Gasteiger partial charge in [-0.3, -0.25) is 0 Å². The van der Waals surface area contributed by atoms with E-state index >= 15 is 0 Å². The second-order valence-corrected chi connectivity index (χ2v) is 4.33. The number of rotatable bonds is 2. The van der Waals surface area contributed by atoms with Crippen molar-refractivity contribution in [1.82, 2.24) is 9.97 Å². The van der Waals surface area contributed by atoms with Crippen LogP contribution in [0.1, 0.15) is 0 Å². The van der Waals surface area contributed by atoms with Gasteiger partial charge in [-0.1, -0.05) is 12.1 Å². The summed E-state index contributed by atoms with van der Waals surface area (Å²) in [6.07, 6.45) is 0. The molecule has 3 N–H and O–H groups in total. The van der Waals surface area contributed by atoms with Crippen LogP contribution in [0.2, 0.25) is 0 Å². The van der Waals surface area contributed by atoms with Crippen LogP contribution in [-0.2, 0) is 0 Å². The monoisotopic (exact) mass is 267 g/mol. The molecule has 3 aromatic rings. The predicted molar refractivity (Wildman–Crippen MR) is 77.6 cm³/mol. The second kappa shape index (κ2) is 4.70. The van der Waals surface area contributed by atoms with Crippen LogP contribution in [0.5, 0.6) is 11.5 Å². The highest BCUT2D eigenvalue weighted by atomic mass is 16.5. The lowest BCUT2D eigenvalue weighted by Gasteiger charge is -2.08. The van der Waals surface area contributed by atoms with Crippen molar-refractivity contribution in [3.8, 4) is 22.9 Å². The van der Waals surface area contributed by atoms with Gasteiger partial charge in [0.05, 0.1) is 18.2 Å². The highest BCUT2D eigenvalue weighted by molar-refractivity contribution is 5.90. The normalized spacial score (nSPS) is 10.7. The maximum atomic E-state index is 9.87. The number of nitrogens with two attached hydrogens (primary N) is 1. The standard InChI is InChI=1S/C15H13N3O2/c1-20-9-6-7-12-11(8-9)14(16)18-15(17-12)10-4-2-3-5-13(10)19/h2-8,19H,1H3,(H2,16,17,18). The summed E-state index contributed by atoms with van der Waals surface area (Å²) >= 11 is 0. The van der Waals surface area contributed by atoms with Crippen LogP contribution in [0.25, 0.3) is 22.3 Å². The molecule has 0 saturated carbocycles. The number of nitrogen functional groups attached to an aromatic ring is 1. The zero-order chi connectivity index (χ0) is 14.1. The average molecular weight is 267 g/mol. The van der Waals surface area contributed by atoms with E-state index < -0.39 is 0 Å². The summed E-state index contributed by atoms with van der Waals surface area (Å²) in [6.45, 7) is 0. The number of para-hydroxylation sites is 1. The quantitative estimate of drug-likeness (QED) is 0.745. The lowest BCUT2D eigenvalue weighted by Crippen LogP contribution is -1.98. The molecule has 0 saturated heterocycles.